The fourth-order valence-corrected chi connectivity index (χ4v) is 2.42. The van der Waals surface area contributed by atoms with Crippen LogP contribution in [-0.4, -0.2) is 13.2 Å². The molecule has 1 aliphatic rings. The maximum Gasteiger partial charge on any atom is 0.118 e. The van der Waals surface area contributed by atoms with Crippen LogP contribution in [0.4, 0.5) is 0 Å². The molecule has 1 aromatic rings. The Morgan fingerprint density at radius 2 is 1.80 bits per heavy atom. The van der Waals surface area contributed by atoms with Crippen molar-refractivity contribution >= 4 is 0 Å². The molecular formula is C13H19NO. The molecule has 0 aliphatic heterocycles. The summed E-state index contributed by atoms with van der Waals surface area (Å²) >= 11 is 0. The fourth-order valence-electron chi connectivity index (χ4n) is 2.42. The van der Waals surface area contributed by atoms with Gasteiger partial charge in [-0.25, -0.2) is 0 Å². The lowest BCUT2D eigenvalue weighted by Gasteiger charge is -2.28. The van der Waals surface area contributed by atoms with Crippen LogP contribution >= 0.6 is 0 Å². The van der Waals surface area contributed by atoms with E-state index < -0.39 is 0 Å². The van der Waals surface area contributed by atoms with E-state index in [0.29, 0.717) is 12.0 Å². The van der Waals surface area contributed by atoms with Crippen LogP contribution in [-0.2, 0) is 0 Å². The van der Waals surface area contributed by atoms with Crippen molar-refractivity contribution in [2.75, 3.05) is 7.11 Å². The molecule has 82 valence electrons. The third kappa shape index (κ3) is 2.32. The predicted molar refractivity (Wildman–Crippen MR) is 62.2 cm³/mol. The lowest BCUT2D eigenvalue weighted by Crippen LogP contribution is -2.31. The van der Waals surface area contributed by atoms with Crippen LogP contribution in [0.15, 0.2) is 24.3 Å². The summed E-state index contributed by atoms with van der Waals surface area (Å²) in [5, 5.41) is 0. The second-order valence-corrected chi connectivity index (χ2v) is 4.33. The van der Waals surface area contributed by atoms with Crippen molar-refractivity contribution in [2.24, 2.45) is 5.73 Å². The molecule has 2 nitrogen and oxygen atoms in total. The van der Waals surface area contributed by atoms with E-state index in [0.717, 1.165) is 12.2 Å². The molecule has 0 spiro atoms. The van der Waals surface area contributed by atoms with Gasteiger partial charge in [-0.15, -0.1) is 0 Å². The highest BCUT2D eigenvalue weighted by atomic mass is 16.5. The Morgan fingerprint density at radius 1 is 1.13 bits per heavy atom. The van der Waals surface area contributed by atoms with Gasteiger partial charge in [-0.2, -0.15) is 0 Å². The summed E-state index contributed by atoms with van der Waals surface area (Å²) in [6, 6.07) is 8.68. The Labute approximate surface area is 91.4 Å². The molecule has 15 heavy (non-hydrogen) atoms. The second-order valence-electron chi connectivity index (χ2n) is 4.33. The lowest BCUT2D eigenvalue weighted by molar-refractivity contribution is 0.384. The molecular weight excluding hydrogens is 186 g/mol. The zero-order valence-electron chi connectivity index (χ0n) is 9.28. The van der Waals surface area contributed by atoms with Gasteiger partial charge >= 0.3 is 0 Å². The number of methoxy groups -OCH3 is 1. The van der Waals surface area contributed by atoms with Gasteiger partial charge in [0.05, 0.1) is 7.11 Å². The van der Waals surface area contributed by atoms with E-state index in [-0.39, 0.29) is 0 Å². The van der Waals surface area contributed by atoms with Crippen LogP contribution in [0.25, 0.3) is 0 Å². The quantitative estimate of drug-likeness (QED) is 0.805. The Kier molecular flexibility index (Phi) is 3.27. The maximum absolute atomic E-state index is 6.15. The molecule has 2 rings (SSSR count). The lowest BCUT2D eigenvalue weighted by atomic mass is 9.80. The number of hydrogen-bond donors (Lipinski definition) is 1. The molecule has 2 N–H and O–H groups in total. The van der Waals surface area contributed by atoms with E-state index in [9.17, 15) is 0 Å². The Morgan fingerprint density at radius 3 is 2.40 bits per heavy atom. The van der Waals surface area contributed by atoms with Crippen molar-refractivity contribution < 1.29 is 4.74 Å². The largest absolute Gasteiger partial charge is 0.497 e. The van der Waals surface area contributed by atoms with E-state index in [1.165, 1.54) is 24.8 Å². The molecule has 0 saturated heterocycles. The van der Waals surface area contributed by atoms with Crippen LogP contribution in [0.5, 0.6) is 5.75 Å². The standard InChI is InChI=1S/C13H19NO/c1-15-11-8-6-10(7-9-11)12-4-2-3-5-13(12)14/h6-9,12-13H,2-5,14H2,1H3. The van der Waals surface area contributed by atoms with Gasteiger partial charge in [-0.05, 0) is 36.5 Å². The first-order valence-electron chi connectivity index (χ1n) is 5.71. The maximum atomic E-state index is 6.15. The van der Waals surface area contributed by atoms with Gasteiger partial charge in [0.25, 0.3) is 0 Å². The third-order valence-corrected chi connectivity index (χ3v) is 3.36. The van der Waals surface area contributed by atoms with E-state index in [4.69, 9.17) is 10.5 Å². The smallest absolute Gasteiger partial charge is 0.118 e. The molecule has 2 atom stereocenters. The Bertz CT molecular complexity index is 307. The number of nitrogens with two attached hydrogens (primary N) is 1. The monoisotopic (exact) mass is 205 g/mol. The van der Waals surface area contributed by atoms with Crippen molar-refractivity contribution in [3.63, 3.8) is 0 Å². The van der Waals surface area contributed by atoms with Crippen molar-refractivity contribution in [3.05, 3.63) is 29.8 Å². The molecule has 0 radical (unpaired) electrons. The molecule has 0 amide bonds. The average Bonchev–Trinajstić information content (AvgIpc) is 2.30. The summed E-state index contributed by atoms with van der Waals surface area (Å²) in [5.74, 6) is 1.47. The minimum Gasteiger partial charge on any atom is -0.497 e. The summed E-state index contributed by atoms with van der Waals surface area (Å²) in [5.41, 5.74) is 7.51. The predicted octanol–water partition coefficient (Wildman–Crippen LogP) is 2.68. The van der Waals surface area contributed by atoms with Gasteiger partial charge in [-0.1, -0.05) is 25.0 Å². The fraction of sp³-hybridized carbons (Fsp3) is 0.538. The minimum atomic E-state index is 0.340. The van der Waals surface area contributed by atoms with E-state index in [1.54, 1.807) is 7.11 Å². The summed E-state index contributed by atoms with van der Waals surface area (Å²) in [6.45, 7) is 0. The molecule has 1 fully saturated rings. The van der Waals surface area contributed by atoms with E-state index >= 15 is 0 Å². The molecule has 1 aromatic carbocycles. The van der Waals surface area contributed by atoms with Gasteiger partial charge in [0.15, 0.2) is 0 Å². The van der Waals surface area contributed by atoms with Gasteiger partial charge in [0.1, 0.15) is 5.75 Å². The van der Waals surface area contributed by atoms with Crippen molar-refractivity contribution in [1.82, 2.24) is 0 Å². The highest BCUT2D eigenvalue weighted by Crippen LogP contribution is 2.32. The van der Waals surface area contributed by atoms with Crippen LogP contribution in [0.2, 0.25) is 0 Å². The van der Waals surface area contributed by atoms with Gasteiger partial charge in [0, 0.05) is 6.04 Å². The topological polar surface area (TPSA) is 35.2 Å². The second kappa shape index (κ2) is 4.67. The number of benzene rings is 1. The van der Waals surface area contributed by atoms with Crippen LogP contribution in [0.1, 0.15) is 37.2 Å². The van der Waals surface area contributed by atoms with Crippen molar-refractivity contribution in [2.45, 2.75) is 37.6 Å². The summed E-state index contributed by atoms with van der Waals surface area (Å²) in [4.78, 5) is 0. The molecule has 2 unspecified atom stereocenters. The van der Waals surface area contributed by atoms with E-state index in [1.807, 2.05) is 12.1 Å². The van der Waals surface area contributed by atoms with Crippen molar-refractivity contribution in [3.8, 4) is 5.75 Å². The number of rotatable bonds is 2. The average molecular weight is 205 g/mol. The molecule has 1 saturated carbocycles. The van der Waals surface area contributed by atoms with Crippen LogP contribution in [0, 0.1) is 0 Å². The number of ether oxygens (including phenoxy) is 1. The molecule has 0 bridgehead atoms. The molecule has 1 aliphatic carbocycles. The Balaban J connectivity index is 2.13. The zero-order chi connectivity index (χ0) is 10.7. The summed E-state index contributed by atoms with van der Waals surface area (Å²) in [7, 11) is 1.70. The molecule has 0 heterocycles. The van der Waals surface area contributed by atoms with Gasteiger partial charge in [0.2, 0.25) is 0 Å². The summed E-state index contributed by atoms with van der Waals surface area (Å²) < 4.78 is 5.15. The van der Waals surface area contributed by atoms with Crippen LogP contribution < -0.4 is 10.5 Å². The molecule has 0 aromatic heterocycles. The zero-order valence-corrected chi connectivity index (χ0v) is 9.28. The van der Waals surface area contributed by atoms with Gasteiger partial charge < -0.3 is 10.5 Å². The minimum absolute atomic E-state index is 0.340. The third-order valence-electron chi connectivity index (χ3n) is 3.36. The normalized spacial score (nSPS) is 26.3. The molecule has 2 heteroatoms. The van der Waals surface area contributed by atoms with E-state index in [2.05, 4.69) is 12.1 Å². The first-order valence-corrected chi connectivity index (χ1v) is 5.71. The highest BCUT2D eigenvalue weighted by molar-refractivity contribution is 5.30. The highest BCUT2D eigenvalue weighted by Gasteiger charge is 2.22. The SMILES string of the molecule is COc1ccc(C2CCCCC2N)cc1. The summed E-state index contributed by atoms with van der Waals surface area (Å²) in [6.07, 6.45) is 4.99. The Hall–Kier alpha value is -1.02. The first kappa shape index (κ1) is 10.5. The van der Waals surface area contributed by atoms with Crippen molar-refractivity contribution in [1.29, 1.82) is 0 Å². The number of hydrogen-bond acceptors (Lipinski definition) is 2. The van der Waals surface area contributed by atoms with Crippen LogP contribution in [0.3, 0.4) is 0 Å². The first-order chi connectivity index (χ1) is 7.31. The van der Waals surface area contributed by atoms with Gasteiger partial charge in [-0.3, -0.25) is 0 Å².